The maximum Gasteiger partial charge on any atom is 0.243 e. The van der Waals surface area contributed by atoms with Crippen LogP contribution in [-0.2, 0) is 10.0 Å². The van der Waals surface area contributed by atoms with Gasteiger partial charge in [0.1, 0.15) is 0 Å². The fourth-order valence-electron chi connectivity index (χ4n) is 3.24. The van der Waals surface area contributed by atoms with Crippen LogP contribution in [0.1, 0.15) is 12.0 Å². The van der Waals surface area contributed by atoms with Crippen molar-refractivity contribution in [1.82, 2.24) is 9.21 Å². The lowest BCUT2D eigenvalue weighted by Gasteiger charge is -2.24. The number of nitrogens with zero attached hydrogens (tertiary/aromatic N) is 2. The standard InChI is InChI=1S/C16H21FN2O3S/c1-12-15(6-5-14(22-2)16(12)17)23(20,21)19-10-7-13(11-19)18-8-3-4-9-18/h3-6,13H,7-11H2,1-2H3. The molecule has 0 amide bonds. The van der Waals surface area contributed by atoms with Gasteiger partial charge in [-0.2, -0.15) is 4.31 Å². The Morgan fingerprint density at radius 1 is 1.26 bits per heavy atom. The predicted octanol–water partition coefficient (Wildman–Crippen LogP) is 1.78. The van der Waals surface area contributed by atoms with Crippen molar-refractivity contribution in [2.75, 3.05) is 33.3 Å². The monoisotopic (exact) mass is 340 g/mol. The first kappa shape index (κ1) is 16.4. The first-order chi connectivity index (χ1) is 10.9. The van der Waals surface area contributed by atoms with E-state index < -0.39 is 15.8 Å². The average molecular weight is 340 g/mol. The van der Waals surface area contributed by atoms with Crippen LogP contribution in [0.3, 0.4) is 0 Å². The van der Waals surface area contributed by atoms with Crippen LogP contribution in [0, 0.1) is 12.7 Å². The molecule has 7 heteroatoms. The molecule has 3 rings (SSSR count). The van der Waals surface area contributed by atoms with E-state index in [4.69, 9.17) is 4.74 Å². The van der Waals surface area contributed by atoms with Crippen LogP contribution in [0.25, 0.3) is 0 Å². The maximum atomic E-state index is 14.2. The van der Waals surface area contributed by atoms with E-state index in [1.807, 2.05) is 0 Å². The Hall–Kier alpha value is -1.44. The summed E-state index contributed by atoms with van der Waals surface area (Å²) in [6.07, 6.45) is 5.00. The van der Waals surface area contributed by atoms with Gasteiger partial charge in [-0.05, 0) is 25.5 Å². The van der Waals surface area contributed by atoms with Gasteiger partial charge in [0, 0.05) is 37.8 Å². The first-order valence-electron chi connectivity index (χ1n) is 7.67. The molecule has 23 heavy (non-hydrogen) atoms. The third-order valence-corrected chi connectivity index (χ3v) is 6.64. The van der Waals surface area contributed by atoms with Crippen molar-refractivity contribution < 1.29 is 17.5 Å². The molecule has 126 valence electrons. The highest BCUT2D eigenvalue weighted by Gasteiger charge is 2.36. The summed E-state index contributed by atoms with van der Waals surface area (Å²) in [5.74, 6) is -0.558. The maximum absolute atomic E-state index is 14.2. The van der Waals surface area contributed by atoms with Crippen LogP contribution in [0.5, 0.6) is 5.75 Å². The highest BCUT2D eigenvalue weighted by Crippen LogP contribution is 2.30. The molecular formula is C16H21FN2O3S. The second-order valence-electron chi connectivity index (χ2n) is 5.94. The summed E-state index contributed by atoms with van der Waals surface area (Å²) >= 11 is 0. The van der Waals surface area contributed by atoms with Gasteiger partial charge in [0.25, 0.3) is 0 Å². The normalized spacial score (nSPS) is 22.8. The lowest BCUT2D eigenvalue weighted by molar-refractivity contribution is 0.261. The Morgan fingerprint density at radius 3 is 2.61 bits per heavy atom. The van der Waals surface area contributed by atoms with Gasteiger partial charge in [0.05, 0.1) is 12.0 Å². The zero-order valence-corrected chi connectivity index (χ0v) is 14.1. The van der Waals surface area contributed by atoms with Gasteiger partial charge in [0.2, 0.25) is 10.0 Å². The number of halogens is 1. The zero-order chi connectivity index (χ0) is 16.6. The van der Waals surface area contributed by atoms with Crippen molar-refractivity contribution in [3.05, 3.63) is 35.7 Å². The SMILES string of the molecule is COc1ccc(S(=O)(=O)N2CCC(N3CC=CC3)C2)c(C)c1F. The number of hydrogen-bond donors (Lipinski definition) is 0. The molecular weight excluding hydrogens is 319 g/mol. The number of hydrogen-bond acceptors (Lipinski definition) is 4. The van der Waals surface area contributed by atoms with Crippen molar-refractivity contribution in [2.24, 2.45) is 0 Å². The van der Waals surface area contributed by atoms with Crippen molar-refractivity contribution in [3.8, 4) is 5.75 Å². The highest BCUT2D eigenvalue weighted by atomic mass is 32.2. The van der Waals surface area contributed by atoms with Gasteiger partial charge >= 0.3 is 0 Å². The van der Waals surface area contributed by atoms with E-state index in [-0.39, 0.29) is 22.3 Å². The molecule has 1 atom stereocenters. The molecule has 2 aliphatic heterocycles. The van der Waals surface area contributed by atoms with E-state index in [1.165, 1.54) is 30.5 Å². The van der Waals surface area contributed by atoms with Crippen LogP contribution in [0.2, 0.25) is 0 Å². The first-order valence-corrected chi connectivity index (χ1v) is 9.11. The molecule has 1 unspecified atom stereocenters. The van der Waals surface area contributed by atoms with Crippen LogP contribution in [0.4, 0.5) is 4.39 Å². The average Bonchev–Trinajstić information content (AvgIpc) is 3.20. The fourth-order valence-corrected chi connectivity index (χ4v) is 4.95. The molecule has 2 aliphatic rings. The highest BCUT2D eigenvalue weighted by molar-refractivity contribution is 7.89. The summed E-state index contributed by atoms with van der Waals surface area (Å²) in [6, 6.07) is 3.02. The lowest BCUT2D eigenvalue weighted by atomic mass is 10.2. The molecule has 0 aliphatic carbocycles. The van der Waals surface area contributed by atoms with E-state index in [2.05, 4.69) is 17.1 Å². The molecule has 0 aromatic heterocycles. The smallest absolute Gasteiger partial charge is 0.243 e. The van der Waals surface area contributed by atoms with E-state index in [1.54, 1.807) is 0 Å². The van der Waals surface area contributed by atoms with Gasteiger partial charge < -0.3 is 4.74 Å². The molecule has 0 saturated carbocycles. The summed E-state index contributed by atoms with van der Waals surface area (Å²) in [4.78, 5) is 2.28. The molecule has 1 aromatic carbocycles. The largest absolute Gasteiger partial charge is 0.494 e. The van der Waals surface area contributed by atoms with E-state index in [9.17, 15) is 12.8 Å². The van der Waals surface area contributed by atoms with Gasteiger partial charge in [-0.25, -0.2) is 12.8 Å². The summed E-state index contributed by atoms with van der Waals surface area (Å²) in [5.41, 5.74) is 0.107. The quantitative estimate of drug-likeness (QED) is 0.784. The van der Waals surface area contributed by atoms with Gasteiger partial charge in [0.15, 0.2) is 11.6 Å². The Labute approximate surface area is 136 Å². The van der Waals surface area contributed by atoms with Crippen molar-refractivity contribution in [1.29, 1.82) is 0 Å². The van der Waals surface area contributed by atoms with Crippen LogP contribution >= 0.6 is 0 Å². The Morgan fingerprint density at radius 2 is 1.96 bits per heavy atom. The van der Waals surface area contributed by atoms with Crippen molar-refractivity contribution in [2.45, 2.75) is 24.3 Å². The van der Waals surface area contributed by atoms with Crippen molar-refractivity contribution in [3.63, 3.8) is 0 Å². The minimum Gasteiger partial charge on any atom is -0.494 e. The second-order valence-corrected chi connectivity index (χ2v) is 7.84. The molecule has 1 aromatic rings. The van der Waals surface area contributed by atoms with Gasteiger partial charge in [-0.3, -0.25) is 4.90 Å². The molecule has 0 N–H and O–H groups in total. The van der Waals surface area contributed by atoms with Crippen molar-refractivity contribution >= 4 is 10.0 Å². The number of ether oxygens (including phenoxy) is 1. The van der Waals surface area contributed by atoms with Crippen LogP contribution in [0.15, 0.2) is 29.2 Å². The second kappa shape index (κ2) is 6.22. The third-order valence-electron chi connectivity index (χ3n) is 4.63. The zero-order valence-electron chi connectivity index (χ0n) is 13.3. The topological polar surface area (TPSA) is 49.9 Å². The molecule has 1 saturated heterocycles. The summed E-state index contributed by atoms with van der Waals surface area (Å²) in [7, 11) is -2.33. The Kier molecular flexibility index (Phi) is 4.44. The van der Waals surface area contributed by atoms with E-state index >= 15 is 0 Å². The van der Waals surface area contributed by atoms with Crippen LogP contribution in [-0.4, -0.2) is 57.0 Å². The molecule has 0 radical (unpaired) electrons. The summed E-state index contributed by atoms with van der Waals surface area (Å²) in [5, 5.41) is 0. The molecule has 1 fully saturated rings. The number of benzene rings is 1. The third kappa shape index (κ3) is 2.88. The molecule has 2 heterocycles. The fraction of sp³-hybridized carbons (Fsp3) is 0.500. The number of sulfonamides is 1. The number of methoxy groups -OCH3 is 1. The molecule has 0 bridgehead atoms. The summed E-state index contributed by atoms with van der Waals surface area (Å²) in [6.45, 7) is 4.14. The molecule has 0 spiro atoms. The lowest BCUT2D eigenvalue weighted by Crippen LogP contribution is -2.37. The summed E-state index contributed by atoms with van der Waals surface area (Å²) < 4.78 is 46.3. The van der Waals surface area contributed by atoms with E-state index in [0.29, 0.717) is 13.1 Å². The minimum absolute atomic E-state index is 0.0241. The van der Waals surface area contributed by atoms with E-state index in [0.717, 1.165) is 19.5 Å². The predicted molar refractivity (Wildman–Crippen MR) is 85.6 cm³/mol. The minimum atomic E-state index is -3.69. The Balaban J connectivity index is 1.84. The van der Waals surface area contributed by atoms with Gasteiger partial charge in [-0.15, -0.1) is 0 Å². The van der Waals surface area contributed by atoms with Crippen LogP contribution < -0.4 is 4.74 Å². The molecule has 5 nitrogen and oxygen atoms in total. The number of rotatable bonds is 4. The Bertz CT molecular complexity index is 725. The van der Waals surface area contributed by atoms with Gasteiger partial charge in [-0.1, -0.05) is 12.2 Å².